The van der Waals surface area contributed by atoms with Gasteiger partial charge in [0.05, 0.1) is 23.2 Å². The predicted molar refractivity (Wildman–Crippen MR) is 82.9 cm³/mol. The third-order valence-corrected chi connectivity index (χ3v) is 4.93. The molecule has 1 saturated heterocycles. The number of rotatable bonds is 5. The number of hydrogen-bond acceptors (Lipinski definition) is 4. The lowest BCUT2D eigenvalue weighted by molar-refractivity contribution is -0.187. The second-order valence-electron chi connectivity index (χ2n) is 5.55. The lowest BCUT2D eigenvalue weighted by Gasteiger charge is -2.19. The maximum Gasteiger partial charge on any atom is 0.394 e. The highest BCUT2D eigenvalue weighted by Gasteiger charge is 2.53. The van der Waals surface area contributed by atoms with E-state index in [-0.39, 0.29) is 11.3 Å². The molecule has 2 atom stereocenters. The highest BCUT2D eigenvalue weighted by atomic mass is 32.2. The Bertz CT molecular complexity index is 696. The van der Waals surface area contributed by atoms with Crippen molar-refractivity contribution in [1.82, 2.24) is 4.90 Å². The van der Waals surface area contributed by atoms with Crippen molar-refractivity contribution in [2.24, 2.45) is 17.6 Å². The summed E-state index contributed by atoms with van der Waals surface area (Å²) in [4.78, 5) is 35.9. The third-order valence-electron chi connectivity index (χ3n) is 3.83. The summed E-state index contributed by atoms with van der Waals surface area (Å²) in [7, 11) is 0. The molecule has 0 saturated carbocycles. The number of benzene rings is 1. The Balaban J connectivity index is 2.24. The van der Waals surface area contributed by atoms with E-state index in [1.54, 1.807) is 12.1 Å². The third kappa shape index (κ3) is 4.44. The van der Waals surface area contributed by atoms with Gasteiger partial charge in [-0.15, -0.1) is 11.8 Å². The SMILES string of the molecule is NC(=O)CSc1ccccc1C(=O)N1C[C@@H](C(F)(F)F)[C@H](C(=O)O)C1. The van der Waals surface area contributed by atoms with Crippen molar-refractivity contribution in [1.29, 1.82) is 0 Å². The van der Waals surface area contributed by atoms with Gasteiger partial charge in [0.1, 0.15) is 0 Å². The Morgan fingerprint density at radius 3 is 2.40 bits per heavy atom. The number of carbonyl (C=O) groups excluding carboxylic acids is 2. The predicted octanol–water partition coefficient (Wildman–Crippen LogP) is 1.60. The summed E-state index contributed by atoms with van der Waals surface area (Å²) in [6.45, 7) is -1.23. The molecule has 1 aliphatic rings. The minimum Gasteiger partial charge on any atom is -0.481 e. The maximum absolute atomic E-state index is 13.0. The number of carboxylic acid groups (broad SMARTS) is 1. The van der Waals surface area contributed by atoms with Crippen molar-refractivity contribution < 1.29 is 32.7 Å². The Morgan fingerprint density at radius 2 is 1.88 bits per heavy atom. The Hall–Kier alpha value is -2.23. The number of hydrogen-bond donors (Lipinski definition) is 2. The number of carbonyl (C=O) groups is 3. The van der Waals surface area contributed by atoms with E-state index >= 15 is 0 Å². The number of nitrogens with two attached hydrogens (primary N) is 1. The second-order valence-corrected chi connectivity index (χ2v) is 6.57. The van der Waals surface area contributed by atoms with Crippen LogP contribution < -0.4 is 5.73 Å². The lowest BCUT2D eigenvalue weighted by atomic mass is 9.96. The first-order valence-corrected chi connectivity index (χ1v) is 8.18. The zero-order chi connectivity index (χ0) is 18.8. The first kappa shape index (κ1) is 19.1. The van der Waals surface area contributed by atoms with Crippen LogP contribution in [0.25, 0.3) is 0 Å². The van der Waals surface area contributed by atoms with E-state index in [1.807, 2.05) is 0 Å². The van der Waals surface area contributed by atoms with Gasteiger partial charge in [-0.2, -0.15) is 13.2 Å². The molecule has 1 aliphatic heterocycles. The second kappa shape index (κ2) is 7.34. The highest BCUT2D eigenvalue weighted by Crippen LogP contribution is 2.38. The average molecular weight is 376 g/mol. The molecule has 1 aromatic rings. The maximum atomic E-state index is 13.0. The number of alkyl halides is 3. The van der Waals surface area contributed by atoms with Crippen LogP contribution in [-0.2, 0) is 9.59 Å². The van der Waals surface area contributed by atoms with E-state index in [2.05, 4.69) is 0 Å². The number of nitrogens with zero attached hydrogens (tertiary/aromatic N) is 1. The van der Waals surface area contributed by atoms with Crippen LogP contribution in [0.4, 0.5) is 13.2 Å². The Morgan fingerprint density at radius 1 is 1.24 bits per heavy atom. The van der Waals surface area contributed by atoms with Crippen LogP contribution in [0.1, 0.15) is 10.4 Å². The van der Waals surface area contributed by atoms with Crippen molar-refractivity contribution in [3.05, 3.63) is 29.8 Å². The summed E-state index contributed by atoms with van der Waals surface area (Å²) in [6.07, 6.45) is -4.71. The largest absolute Gasteiger partial charge is 0.481 e. The highest BCUT2D eigenvalue weighted by molar-refractivity contribution is 8.00. The zero-order valence-electron chi connectivity index (χ0n) is 12.8. The number of halogens is 3. The van der Waals surface area contributed by atoms with Crippen molar-refractivity contribution >= 4 is 29.5 Å². The molecule has 1 heterocycles. The molecule has 6 nitrogen and oxygen atoms in total. The first-order chi connectivity index (χ1) is 11.6. The minimum atomic E-state index is -4.71. The fraction of sp³-hybridized carbons (Fsp3) is 0.400. The molecule has 2 rings (SSSR count). The van der Waals surface area contributed by atoms with Gasteiger partial charge in [0, 0.05) is 18.0 Å². The minimum absolute atomic E-state index is 0.0901. The van der Waals surface area contributed by atoms with E-state index < -0.39 is 48.9 Å². The Kier molecular flexibility index (Phi) is 5.61. The lowest BCUT2D eigenvalue weighted by Crippen LogP contribution is -2.34. The van der Waals surface area contributed by atoms with Gasteiger partial charge in [-0.1, -0.05) is 12.1 Å². The summed E-state index contributed by atoms with van der Waals surface area (Å²) in [5, 5.41) is 9.02. The molecule has 25 heavy (non-hydrogen) atoms. The van der Waals surface area contributed by atoms with Crippen LogP contribution in [-0.4, -0.2) is 52.8 Å². The molecule has 2 amide bonds. The molecule has 0 radical (unpaired) electrons. The number of amides is 2. The van der Waals surface area contributed by atoms with Crippen molar-refractivity contribution in [2.45, 2.75) is 11.1 Å². The smallest absolute Gasteiger partial charge is 0.394 e. The quantitative estimate of drug-likeness (QED) is 0.761. The number of primary amides is 1. The average Bonchev–Trinajstić information content (AvgIpc) is 2.98. The van der Waals surface area contributed by atoms with Crippen LogP contribution in [0.3, 0.4) is 0 Å². The van der Waals surface area contributed by atoms with Gasteiger partial charge in [-0.05, 0) is 12.1 Å². The number of thioether (sulfide) groups is 1. The normalized spacial score (nSPS) is 20.5. The van der Waals surface area contributed by atoms with E-state index in [9.17, 15) is 27.6 Å². The van der Waals surface area contributed by atoms with Gasteiger partial charge in [0.2, 0.25) is 5.91 Å². The summed E-state index contributed by atoms with van der Waals surface area (Å²) >= 11 is 0.995. The van der Waals surface area contributed by atoms with Gasteiger partial charge in [-0.25, -0.2) is 0 Å². The summed E-state index contributed by atoms with van der Waals surface area (Å²) < 4.78 is 39.1. The molecular weight excluding hydrogens is 361 g/mol. The molecular formula is C15H15F3N2O4S. The fourth-order valence-electron chi connectivity index (χ4n) is 2.64. The summed E-state index contributed by atoms with van der Waals surface area (Å²) in [5.41, 5.74) is 5.17. The van der Waals surface area contributed by atoms with E-state index in [0.717, 1.165) is 16.7 Å². The molecule has 0 spiro atoms. The van der Waals surface area contributed by atoms with Crippen molar-refractivity contribution in [2.75, 3.05) is 18.8 Å². The van der Waals surface area contributed by atoms with Gasteiger partial charge >= 0.3 is 12.1 Å². The monoisotopic (exact) mass is 376 g/mol. The van der Waals surface area contributed by atoms with Gasteiger partial charge < -0.3 is 15.7 Å². The van der Waals surface area contributed by atoms with Crippen LogP contribution in [0.2, 0.25) is 0 Å². The van der Waals surface area contributed by atoms with Gasteiger partial charge in [0.15, 0.2) is 0 Å². The standard InChI is InChI=1S/C15H15F3N2O4S/c16-15(17,18)10-6-20(5-9(10)14(23)24)13(22)8-3-1-2-4-11(8)25-7-12(19)21/h1-4,9-10H,5-7H2,(H2,19,21)(H,23,24)/t9-,10-/m1/s1. The van der Waals surface area contributed by atoms with Crippen LogP contribution in [0.15, 0.2) is 29.2 Å². The Labute approximate surface area is 145 Å². The number of carboxylic acids is 1. The molecule has 10 heteroatoms. The van der Waals surface area contributed by atoms with Crippen molar-refractivity contribution in [3.63, 3.8) is 0 Å². The number of likely N-dealkylation sites (tertiary alicyclic amines) is 1. The van der Waals surface area contributed by atoms with Crippen LogP contribution in [0.5, 0.6) is 0 Å². The molecule has 0 unspecified atom stereocenters. The van der Waals surface area contributed by atoms with E-state index in [0.29, 0.717) is 4.90 Å². The topological polar surface area (TPSA) is 101 Å². The summed E-state index contributed by atoms with van der Waals surface area (Å²) in [6, 6.07) is 6.12. The molecule has 1 fully saturated rings. The number of aliphatic carboxylic acids is 1. The fourth-order valence-corrected chi connectivity index (χ4v) is 3.42. The van der Waals surface area contributed by atoms with E-state index in [1.165, 1.54) is 12.1 Å². The zero-order valence-corrected chi connectivity index (χ0v) is 13.6. The molecule has 1 aromatic carbocycles. The molecule has 0 bridgehead atoms. The van der Waals surface area contributed by atoms with E-state index in [4.69, 9.17) is 10.8 Å². The molecule has 136 valence electrons. The summed E-state index contributed by atoms with van der Waals surface area (Å²) in [5.74, 6) is -6.79. The van der Waals surface area contributed by atoms with Crippen LogP contribution in [0, 0.1) is 11.8 Å². The van der Waals surface area contributed by atoms with Gasteiger partial charge in [-0.3, -0.25) is 14.4 Å². The molecule has 0 aromatic heterocycles. The van der Waals surface area contributed by atoms with Crippen LogP contribution >= 0.6 is 11.8 Å². The first-order valence-electron chi connectivity index (χ1n) is 7.20. The van der Waals surface area contributed by atoms with Crippen molar-refractivity contribution in [3.8, 4) is 0 Å². The molecule has 3 N–H and O–H groups in total. The molecule has 0 aliphatic carbocycles. The van der Waals surface area contributed by atoms with Gasteiger partial charge in [0.25, 0.3) is 5.91 Å².